The summed E-state index contributed by atoms with van der Waals surface area (Å²) >= 11 is 0. The summed E-state index contributed by atoms with van der Waals surface area (Å²) in [6, 6.07) is 0. The average molecular weight is 226 g/mol. The van der Waals surface area contributed by atoms with E-state index in [1.165, 1.54) is 19.6 Å². The lowest BCUT2D eigenvalue weighted by Crippen LogP contribution is -2.60. The third-order valence-corrected chi connectivity index (χ3v) is 4.31. The van der Waals surface area contributed by atoms with Crippen LogP contribution in [-0.2, 0) is 4.74 Å². The molecule has 2 aliphatic heterocycles. The van der Waals surface area contributed by atoms with E-state index >= 15 is 0 Å². The van der Waals surface area contributed by atoms with Gasteiger partial charge in [-0.3, -0.25) is 5.32 Å². The average Bonchev–Trinajstić information content (AvgIpc) is 2.31. The fraction of sp³-hybridized carbons (Fsp3) is 1.00. The molecule has 0 aliphatic carbocycles. The Morgan fingerprint density at radius 1 is 1.38 bits per heavy atom. The highest BCUT2D eigenvalue weighted by molar-refractivity contribution is 4.89. The largest absolute Gasteiger partial charge is 0.360 e. The molecule has 1 spiro atoms. The fourth-order valence-corrected chi connectivity index (χ4v) is 2.67. The minimum atomic E-state index is 0.0110. The van der Waals surface area contributed by atoms with Gasteiger partial charge in [0.15, 0.2) is 0 Å². The van der Waals surface area contributed by atoms with Crippen LogP contribution in [0.3, 0.4) is 0 Å². The van der Waals surface area contributed by atoms with Crippen LogP contribution in [0, 0.1) is 11.8 Å². The van der Waals surface area contributed by atoms with Crippen LogP contribution in [0.4, 0.5) is 0 Å². The summed E-state index contributed by atoms with van der Waals surface area (Å²) in [4.78, 5) is 2.50. The summed E-state index contributed by atoms with van der Waals surface area (Å²) < 4.78 is 6.14. The molecule has 0 aromatic heterocycles. The van der Waals surface area contributed by atoms with Gasteiger partial charge in [0, 0.05) is 32.5 Å². The monoisotopic (exact) mass is 226 g/mol. The van der Waals surface area contributed by atoms with Gasteiger partial charge in [0.2, 0.25) is 0 Å². The first-order valence-corrected chi connectivity index (χ1v) is 6.76. The smallest absolute Gasteiger partial charge is 0.121 e. The Morgan fingerprint density at radius 3 is 2.50 bits per heavy atom. The molecular formula is C13H26N2O. The quantitative estimate of drug-likeness (QED) is 0.775. The molecule has 1 atom stereocenters. The number of ether oxygens (including phenoxy) is 1. The SMILES string of the molecule is CCN1CCC2(CC1)NCC(C(C)C)CO2. The molecule has 16 heavy (non-hydrogen) atoms. The maximum absolute atomic E-state index is 6.14. The molecule has 2 aliphatic rings. The predicted octanol–water partition coefficient (Wildman–Crippen LogP) is 1.69. The summed E-state index contributed by atoms with van der Waals surface area (Å²) in [6.45, 7) is 12.4. The number of nitrogens with zero attached hydrogens (tertiary/aromatic N) is 1. The van der Waals surface area contributed by atoms with E-state index in [1.807, 2.05) is 0 Å². The summed E-state index contributed by atoms with van der Waals surface area (Å²) in [5.74, 6) is 1.41. The molecule has 2 saturated heterocycles. The van der Waals surface area contributed by atoms with Crippen LogP contribution in [0.1, 0.15) is 33.6 Å². The molecule has 3 nitrogen and oxygen atoms in total. The third-order valence-electron chi connectivity index (χ3n) is 4.31. The van der Waals surface area contributed by atoms with Gasteiger partial charge in [0.25, 0.3) is 0 Å². The number of rotatable bonds is 2. The Labute approximate surface area is 99.5 Å². The number of likely N-dealkylation sites (tertiary alicyclic amines) is 1. The standard InChI is InChI=1S/C13H26N2O/c1-4-15-7-5-13(6-8-15)14-9-12(10-16-13)11(2)3/h11-12,14H,4-10H2,1-3H3. The predicted molar refractivity (Wildman–Crippen MR) is 66.4 cm³/mol. The fourth-order valence-electron chi connectivity index (χ4n) is 2.67. The molecule has 2 rings (SSSR count). The normalized spacial score (nSPS) is 31.1. The van der Waals surface area contributed by atoms with Crippen molar-refractivity contribution in [2.24, 2.45) is 11.8 Å². The zero-order valence-corrected chi connectivity index (χ0v) is 11.0. The second-order valence-corrected chi connectivity index (χ2v) is 5.62. The number of hydrogen-bond donors (Lipinski definition) is 1. The van der Waals surface area contributed by atoms with Gasteiger partial charge in [0.05, 0.1) is 6.61 Å². The zero-order chi connectivity index (χ0) is 11.6. The van der Waals surface area contributed by atoms with Crippen molar-refractivity contribution in [2.75, 3.05) is 32.8 Å². The van der Waals surface area contributed by atoms with E-state index in [-0.39, 0.29) is 5.72 Å². The first-order chi connectivity index (χ1) is 7.65. The van der Waals surface area contributed by atoms with Crippen LogP contribution in [0.25, 0.3) is 0 Å². The summed E-state index contributed by atoms with van der Waals surface area (Å²) in [5.41, 5.74) is 0.0110. The van der Waals surface area contributed by atoms with E-state index in [4.69, 9.17) is 4.74 Å². The zero-order valence-electron chi connectivity index (χ0n) is 11.0. The van der Waals surface area contributed by atoms with Crippen molar-refractivity contribution in [3.8, 4) is 0 Å². The van der Waals surface area contributed by atoms with Crippen molar-refractivity contribution in [1.29, 1.82) is 0 Å². The van der Waals surface area contributed by atoms with E-state index in [9.17, 15) is 0 Å². The van der Waals surface area contributed by atoms with Gasteiger partial charge >= 0.3 is 0 Å². The number of nitrogens with one attached hydrogen (secondary N) is 1. The Morgan fingerprint density at radius 2 is 2.06 bits per heavy atom. The van der Waals surface area contributed by atoms with Gasteiger partial charge in [-0.1, -0.05) is 20.8 Å². The van der Waals surface area contributed by atoms with Crippen molar-refractivity contribution in [2.45, 2.75) is 39.3 Å². The first-order valence-electron chi connectivity index (χ1n) is 6.76. The van der Waals surface area contributed by atoms with E-state index in [0.29, 0.717) is 5.92 Å². The van der Waals surface area contributed by atoms with Crippen molar-refractivity contribution < 1.29 is 4.74 Å². The first kappa shape index (κ1) is 12.3. The lowest BCUT2D eigenvalue weighted by Gasteiger charge is -2.46. The second-order valence-electron chi connectivity index (χ2n) is 5.62. The van der Waals surface area contributed by atoms with Gasteiger partial charge < -0.3 is 9.64 Å². The molecule has 1 N–H and O–H groups in total. The molecule has 2 fully saturated rings. The van der Waals surface area contributed by atoms with Crippen LogP contribution in [0.15, 0.2) is 0 Å². The molecule has 0 aromatic rings. The van der Waals surface area contributed by atoms with Crippen molar-refractivity contribution in [3.63, 3.8) is 0 Å². The van der Waals surface area contributed by atoms with Gasteiger partial charge in [-0.2, -0.15) is 0 Å². The molecule has 0 amide bonds. The summed E-state index contributed by atoms with van der Waals surface area (Å²) in [5, 5.41) is 3.66. The Bertz CT molecular complexity index is 212. The van der Waals surface area contributed by atoms with Crippen molar-refractivity contribution in [1.82, 2.24) is 10.2 Å². The van der Waals surface area contributed by atoms with Crippen LogP contribution in [-0.4, -0.2) is 43.4 Å². The highest BCUT2D eigenvalue weighted by Gasteiger charge is 2.39. The number of piperidine rings is 1. The molecule has 2 heterocycles. The van der Waals surface area contributed by atoms with Gasteiger partial charge in [-0.25, -0.2) is 0 Å². The molecule has 3 heteroatoms. The molecular weight excluding hydrogens is 200 g/mol. The maximum Gasteiger partial charge on any atom is 0.121 e. The van der Waals surface area contributed by atoms with Crippen LogP contribution in [0.5, 0.6) is 0 Å². The third kappa shape index (κ3) is 2.58. The van der Waals surface area contributed by atoms with Crippen molar-refractivity contribution in [3.05, 3.63) is 0 Å². The van der Waals surface area contributed by atoms with Gasteiger partial charge in [-0.15, -0.1) is 0 Å². The Balaban J connectivity index is 1.84. The van der Waals surface area contributed by atoms with Gasteiger partial charge in [-0.05, 0) is 18.4 Å². The van der Waals surface area contributed by atoms with E-state index < -0.39 is 0 Å². The summed E-state index contributed by atoms with van der Waals surface area (Å²) in [7, 11) is 0. The minimum absolute atomic E-state index is 0.0110. The molecule has 94 valence electrons. The van der Waals surface area contributed by atoms with Crippen LogP contribution >= 0.6 is 0 Å². The van der Waals surface area contributed by atoms with E-state index in [0.717, 1.165) is 31.9 Å². The lowest BCUT2D eigenvalue weighted by atomic mass is 9.91. The molecule has 0 radical (unpaired) electrons. The molecule has 0 bridgehead atoms. The Kier molecular flexibility index (Phi) is 3.88. The Hall–Kier alpha value is -0.120. The second kappa shape index (κ2) is 5.03. The molecule has 0 aromatic carbocycles. The van der Waals surface area contributed by atoms with E-state index in [2.05, 4.69) is 31.0 Å². The van der Waals surface area contributed by atoms with E-state index in [1.54, 1.807) is 0 Å². The highest BCUT2D eigenvalue weighted by Crippen LogP contribution is 2.29. The maximum atomic E-state index is 6.14. The number of hydrogen-bond acceptors (Lipinski definition) is 3. The topological polar surface area (TPSA) is 24.5 Å². The van der Waals surface area contributed by atoms with Crippen LogP contribution in [0.2, 0.25) is 0 Å². The molecule has 0 saturated carbocycles. The van der Waals surface area contributed by atoms with Crippen molar-refractivity contribution >= 4 is 0 Å². The minimum Gasteiger partial charge on any atom is -0.360 e. The molecule has 1 unspecified atom stereocenters. The van der Waals surface area contributed by atoms with Crippen LogP contribution < -0.4 is 5.32 Å². The highest BCUT2D eigenvalue weighted by atomic mass is 16.5. The summed E-state index contributed by atoms with van der Waals surface area (Å²) in [6.07, 6.45) is 2.29. The lowest BCUT2D eigenvalue weighted by molar-refractivity contribution is -0.148. The van der Waals surface area contributed by atoms with Gasteiger partial charge in [0.1, 0.15) is 5.72 Å².